The minimum Gasteiger partial charge on any atom is -0.366 e. The van der Waals surface area contributed by atoms with Crippen molar-refractivity contribution >= 4 is 17.6 Å². The van der Waals surface area contributed by atoms with E-state index >= 15 is 0 Å². The fourth-order valence-corrected chi connectivity index (χ4v) is 2.87. The number of carbonyl (C=O) groups is 2. The molecule has 0 aliphatic carbocycles. The zero-order valence-corrected chi connectivity index (χ0v) is 15.2. The molecular formula is C19H23N5O2. The van der Waals surface area contributed by atoms with Crippen molar-refractivity contribution in [1.29, 1.82) is 0 Å². The lowest BCUT2D eigenvalue weighted by molar-refractivity contribution is 0.0937. The first-order valence-corrected chi connectivity index (χ1v) is 8.73. The number of amides is 2. The van der Waals surface area contributed by atoms with Crippen molar-refractivity contribution in [3.05, 3.63) is 52.5 Å². The van der Waals surface area contributed by atoms with Crippen LogP contribution in [0.4, 0.5) is 5.82 Å². The van der Waals surface area contributed by atoms with Gasteiger partial charge in [-0.25, -0.2) is 9.97 Å². The van der Waals surface area contributed by atoms with Crippen LogP contribution in [0, 0.1) is 0 Å². The number of hydrogen-bond acceptors (Lipinski definition) is 5. The average molecular weight is 353 g/mol. The Bertz CT molecular complexity index is 848. The number of benzene rings is 1. The maximum atomic E-state index is 12.2. The predicted octanol–water partition coefficient (Wildman–Crippen LogP) is 1.86. The zero-order valence-electron chi connectivity index (χ0n) is 15.2. The Balaban J connectivity index is 1.88. The van der Waals surface area contributed by atoms with Crippen molar-refractivity contribution in [1.82, 2.24) is 20.6 Å². The Labute approximate surface area is 152 Å². The van der Waals surface area contributed by atoms with E-state index in [2.05, 4.69) is 25.9 Å². The van der Waals surface area contributed by atoms with Crippen molar-refractivity contribution in [2.45, 2.75) is 32.7 Å². The van der Waals surface area contributed by atoms with E-state index in [1.807, 2.05) is 32.0 Å². The monoisotopic (exact) mass is 353 g/mol. The van der Waals surface area contributed by atoms with Gasteiger partial charge in [0.05, 0.1) is 0 Å². The third-order valence-corrected chi connectivity index (χ3v) is 4.29. The van der Waals surface area contributed by atoms with Gasteiger partial charge in [-0.2, -0.15) is 0 Å². The minimum atomic E-state index is -0.153. The molecule has 0 saturated heterocycles. The van der Waals surface area contributed by atoms with Crippen molar-refractivity contribution in [2.24, 2.45) is 0 Å². The number of hydrogen-bond donors (Lipinski definition) is 3. The van der Waals surface area contributed by atoms with Gasteiger partial charge in [0.25, 0.3) is 11.8 Å². The summed E-state index contributed by atoms with van der Waals surface area (Å²) in [6.07, 6.45) is 0.695. The normalized spacial score (nSPS) is 13.2. The summed E-state index contributed by atoms with van der Waals surface area (Å²) >= 11 is 0. The Morgan fingerprint density at radius 1 is 1.31 bits per heavy atom. The van der Waals surface area contributed by atoms with Crippen LogP contribution in [0.3, 0.4) is 0 Å². The Kier molecular flexibility index (Phi) is 5.16. The lowest BCUT2D eigenvalue weighted by atomic mass is 10.0. The molecule has 136 valence electrons. The molecule has 26 heavy (non-hydrogen) atoms. The van der Waals surface area contributed by atoms with Gasteiger partial charge in [0.1, 0.15) is 17.3 Å². The third kappa shape index (κ3) is 3.66. The highest BCUT2D eigenvalue weighted by Crippen LogP contribution is 2.23. The van der Waals surface area contributed by atoms with Gasteiger partial charge in [0.15, 0.2) is 0 Å². The second kappa shape index (κ2) is 7.51. The van der Waals surface area contributed by atoms with Crippen molar-refractivity contribution < 1.29 is 9.59 Å². The van der Waals surface area contributed by atoms with Crippen molar-refractivity contribution in [2.75, 3.05) is 18.9 Å². The number of rotatable bonds is 5. The molecule has 0 unspecified atom stereocenters. The van der Waals surface area contributed by atoms with E-state index in [4.69, 9.17) is 0 Å². The van der Waals surface area contributed by atoms with Gasteiger partial charge in [0.2, 0.25) is 0 Å². The molecule has 7 nitrogen and oxygen atoms in total. The molecule has 0 saturated carbocycles. The van der Waals surface area contributed by atoms with E-state index in [-0.39, 0.29) is 17.7 Å². The third-order valence-electron chi connectivity index (χ3n) is 4.29. The number of aromatic nitrogens is 2. The summed E-state index contributed by atoms with van der Waals surface area (Å²) in [5.41, 5.74) is 2.88. The molecule has 1 aromatic heterocycles. The van der Waals surface area contributed by atoms with Crippen LogP contribution < -0.4 is 16.0 Å². The predicted molar refractivity (Wildman–Crippen MR) is 99.3 cm³/mol. The van der Waals surface area contributed by atoms with Crippen LogP contribution in [0.2, 0.25) is 0 Å². The second-order valence-electron chi connectivity index (χ2n) is 6.55. The Morgan fingerprint density at radius 2 is 2.12 bits per heavy atom. The summed E-state index contributed by atoms with van der Waals surface area (Å²) in [6, 6.07) is 7.42. The zero-order chi connectivity index (χ0) is 18.7. The highest BCUT2D eigenvalue weighted by molar-refractivity contribution is 5.96. The van der Waals surface area contributed by atoms with Gasteiger partial charge in [-0.3, -0.25) is 9.59 Å². The smallest absolute Gasteiger partial charge is 0.270 e. The molecule has 3 N–H and O–H groups in total. The molecule has 7 heteroatoms. The highest BCUT2D eigenvalue weighted by Gasteiger charge is 2.24. The summed E-state index contributed by atoms with van der Waals surface area (Å²) in [5.74, 6) is 1.18. The SMILES string of the molecule is CNC(=O)c1cccc(CNc2nc(C(C)C)nc3c2CCNC3=O)c1. The Hall–Kier alpha value is -2.96. The summed E-state index contributed by atoms with van der Waals surface area (Å²) in [6.45, 7) is 5.09. The lowest BCUT2D eigenvalue weighted by Crippen LogP contribution is -2.34. The van der Waals surface area contributed by atoms with E-state index in [0.29, 0.717) is 42.4 Å². The van der Waals surface area contributed by atoms with E-state index in [1.165, 1.54) is 0 Å². The van der Waals surface area contributed by atoms with Crippen molar-refractivity contribution in [3.8, 4) is 0 Å². The van der Waals surface area contributed by atoms with Gasteiger partial charge in [0, 0.05) is 37.2 Å². The Morgan fingerprint density at radius 3 is 2.85 bits per heavy atom. The molecule has 2 aromatic rings. The molecule has 1 aliphatic rings. The van der Waals surface area contributed by atoms with Gasteiger partial charge in [-0.05, 0) is 24.1 Å². The fraction of sp³-hybridized carbons (Fsp3) is 0.368. The lowest BCUT2D eigenvalue weighted by Gasteiger charge is -2.21. The van der Waals surface area contributed by atoms with Crippen LogP contribution in [0.15, 0.2) is 24.3 Å². The van der Waals surface area contributed by atoms with Crippen LogP contribution >= 0.6 is 0 Å². The molecule has 0 atom stereocenters. The standard InChI is InChI=1S/C19H23N5O2/c1-11(2)16-23-15-14(7-8-21-19(15)26)17(24-16)22-10-12-5-4-6-13(9-12)18(25)20-3/h4-6,9,11H,7-8,10H2,1-3H3,(H,20,25)(H,21,26)(H,22,23,24). The molecule has 0 radical (unpaired) electrons. The van der Waals surface area contributed by atoms with Crippen molar-refractivity contribution in [3.63, 3.8) is 0 Å². The van der Waals surface area contributed by atoms with Gasteiger partial charge < -0.3 is 16.0 Å². The molecule has 0 spiro atoms. The first-order valence-electron chi connectivity index (χ1n) is 8.73. The van der Waals surface area contributed by atoms with Gasteiger partial charge in [-0.15, -0.1) is 0 Å². The van der Waals surface area contributed by atoms with Gasteiger partial charge in [-0.1, -0.05) is 26.0 Å². The van der Waals surface area contributed by atoms with E-state index < -0.39 is 0 Å². The molecule has 1 aromatic carbocycles. The summed E-state index contributed by atoms with van der Waals surface area (Å²) in [5, 5.41) is 8.78. The molecule has 0 bridgehead atoms. The molecule has 0 fully saturated rings. The number of fused-ring (bicyclic) bond motifs is 1. The first-order chi connectivity index (χ1) is 12.5. The summed E-state index contributed by atoms with van der Waals surface area (Å²) in [4.78, 5) is 33.0. The van der Waals surface area contributed by atoms with Crippen LogP contribution in [0.1, 0.15) is 57.6 Å². The second-order valence-corrected chi connectivity index (χ2v) is 6.55. The number of nitrogens with zero attached hydrogens (tertiary/aromatic N) is 2. The fourth-order valence-electron chi connectivity index (χ4n) is 2.87. The largest absolute Gasteiger partial charge is 0.366 e. The van der Waals surface area contributed by atoms with Crippen LogP contribution in [-0.2, 0) is 13.0 Å². The number of anilines is 1. The maximum Gasteiger partial charge on any atom is 0.270 e. The molecule has 1 aliphatic heterocycles. The number of nitrogens with one attached hydrogen (secondary N) is 3. The van der Waals surface area contributed by atoms with E-state index in [1.54, 1.807) is 13.1 Å². The van der Waals surface area contributed by atoms with Crippen LogP contribution in [0.5, 0.6) is 0 Å². The number of carbonyl (C=O) groups excluding carboxylic acids is 2. The van der Waals surface area contributed by atoms with Gasteiger partial charge >= 0.3 is 0 Å². The van der Waals surface area contributed by atoms with Crippen LogP contribution in [0.25, 0.3) is 0 Å². The first kappa shape index (κ1) is 17.8. The maximum absolute atomic E-state index is 12.2. The van der Waals surface area contributed by atoms with E-state index in [9.17, 15) is 9.59 Å². The quantitative estimate of drug-likeness (QED) is 0.762. The molecule has 2 heterocycles. The highest BCUT2D eigenvalue weighted by atomic mass is 16.2. The van der Waals surface area contributed by atoms with Crippen LogP contribution in [-0.4, -0.2) is 35.4 Å². The summed E-state index contributed by atoms with van der Waals surface area (Å²) < 4.78 is 0. The molecule has 3 rings (SSSR count). The topological polar surface area (TPSA) is 96.0 Å². The minimum absolute atomic E-state index is 0.118. The summed E-state index contributed by atoms with van der Waals surface area (Å²) in [7, 11) is 1.61. The molecule has 2 amide bonds. The molecular weight excluding hydrogens is 330 g/mol. The van der Waals surface area contributed by atoms with E-state index in [0.717, 1.165) is 11.1 Å². The average Bonchev–Trinajstić information content (AvgIpc) is 2.66.